The minimum Gasteiger partial charge on any atom is -0.467 e. The van der Waals surface area contributed by atoms with Crippen molar-refractivity contribution in [1.82, 2.24) is 5.32 Å². The van der Waals surface area contributed by atoms with Crippen molar-refractivity contribution in [3.63, 3.8) is 0 Å². The summed E-state index contributed by atoms with van der Waals surface area (Å²) in [4.78, 5) is 22.8. The van der Waals surface area contributed by atoms with Crippen molar-refractivity contribution < 1.29 is 19.4 Å². The second-order valence-electron chi connectivity index (χ2n) is 3.77. The molecule has 0 spiro atoms. The van der Waals surface area contributed by atoms with Gasteiger partial charge in [-0.3, -0.25) is 4.79 Å². The van der Waals surface area contributed by atoms with Gasteiger partial charge in [0, 0.05) is 16.1 Å². The molecule has 5 nitrogen and oxygen atoms in total. The lowest BCUT2D eigenvalue weighted by molar-refractivity contribution is -0.145. The summed E-state index contributed by atoms with van der Waals surface area (Å²) < 4.78 is 4.43. The van der Waals surface area contributed by atoms with Crippen LogP contribution in [0.2, 0.25) is 10.0 Å². The smallest absolute Gasteiger partial charge is 0.330 e. The molecular formula is C13H13Cl2NO4. The number of carbonyl (C=O) groups excluding carboxylic acids is 2. The summed E-state index contributed by atoms with van der Waals surface area (Å²) in [6.07, 6.45) is 2.67. The molecule has 0 radical (unpaired) electrons. The highest BCUT2D eigenvalue weighted by Gasteiger charge is 2.19. The van der Waals surface area contributed by atoms with E-state index in [1.807, 2.05) is 0 Å². The minimum absolute atomic E-state index is 0.397. The number of halogens is 2. The largest absolute Gasteiger partial charge is 0.467 e. The summed E-state index contributed by atoms with van der Waals surface area (Å²) in [6.45, 7) is -0.548. The number of amides is 1. The average molecular weight is 318 g/mol. The molecule has 2 N–H and O–H groups in total. The van der Waals surface area contributed by atoms with Gasteiger partial charge in [-0.2, -0.15) is 0 Å². The highest BCUT2D eigenvalue weighted by atomic mass is 35.5. The number of ether oxygens (including phenoxy) is 1. The van der Waals surface area contributed by atoms with E-state index in [0.29, 0.717) is 15.6 Å². The van der Waals surface area contributed by atoms with Crippen LogP contribution in [0, 0.1) is 0 Å². The first-order chi connectivity index (χ1) is 9.47. The first-order valence-corrected chi connectivity index (χ1v) is 6.36. The normalized spacial score (nSPS) is 12.2. The van der Waals surface area contributed by atoms with E-state index < -0.39 is 24.5 Å². The Morgan fingerprint density at radius 3 is 2.70 bits per heavy atom. The van der Waals surface area contributed by atoms with E-state index in [4.69, 9.17) is 28.3 Å². The molecule has 1 amide bonds. The third-order valence-corrected chi connectivity index (χ3v) is 2.92. The molecule has 0 fully saturated rings. The Balaban J connectivity index is 2.70. The van der Waals surface area contributed by atoms with Crippen LogP contribution < -0.4 is 5.32 Å². The Labute approximate surface area is 126 Å². The Bertz CT molecular complexity index is 531. The van der Waals surface area contributed by atoms with Gasteiger partial charge >= 0.3 is 5.97 Å². The Kier molecular flexibility index (Phi) is 6.51. The predicted octanol–water partition coefficient (Wildman–Crippen LogP) is 1.66. The number of carbonyl (C=O) groups is 2. The number of nitrogens with one attached hydrogen (secondary N) is 1. The molecule has 0 aliphatic carbocycles. The van der Waals surface area contributed by atoms with Crippen molar-refractivity contribution in [2.75, 3.05) is 13.7 Å². The second-order valence-corrected chi connectivity index (χ2v) is 4.61. The van der Waals surface area contributed by atoms with Crippen LogP contribution in [0.3, 0.4) is 0 Å². The monoisotopic (exact) mass is 317 g/mol. The molecule has 20 heavy (non-hydrogen) atoms. The molecule has 0 bridgehead atoms. The van der Waals surface area contributed by atoms with E-state index in [-0.39, 0.29) is 0 Å². The maximum Gasteiger partial charge on any atom is 0.330 e. The van der Waals surface area contributed by atoms with Gasteiger partial charge in [0.1, 0.15) is 0 Å². The summed E-state index contributed by atoms with van der Waals surface area (Å²) in [5, 5.41) is 12.1. The Morgan fingerprint density at radius 1 is 1.45 bits per heavy atom. The van der Waals surface area contributed by atoms with Gasteiger partial charge < -0.3 is 15.2 Å². The van der Waals surface area contributed by atoms with Crippen molar-refractivity contribution in [2.45, 2.75) is 6.04 Å². The minimum atomic E-state index is -1.10. The summed E-state index contributed by atoms with van der Waals surface area (Å²) in [5.74, 6) is -1.28. The Hall–Kier alpha value is -1.56. The number of benzene rings is 1. The van der Waals surface area contributed by atoms with Crippen LogP contribution >= 0.6 is 23.2 Å². The molecule has 7 heteroatoms. The van der Waals surface area contributed by atoms with Crippen LogP contribution in [-0.4, -0.2) is 36.7 Å². The van der Waals surface area contributed by atoms with Gasteiger partial charge in [0.15, 0.2) is 6.04 Å². The molecule has 0 aromatic heterocycles. The van der Waals surface area contributed by atoms with Crippen LogP contribution in [0.15, 0.2) is 24.3 Å². The molecule has 0 saturated heterocycles. The fourth-order valence-electron chi connectivity index (χ4n) is 1.34. The van der Waals surface area contributed by atoms with E-state index >= 15 is 0 Å². The SMILES string of the molecule is COC(=O)[C@H](CO)NC(=O)/C=C/c1ccc(Cl)cc1Cl. The van der Waals surface area contributed by atoms with E-state index in [1.54, 1.807) is 18.2 Å². The lowest BCUT2D eigenvalue weighted by atomic mass is 10.2. The van der Waals surface area contributed by atoms with Crippen LogP contribution in [0.5, 0.6) is 0 Å². The van der Waals surface area contributed by atoms with Gasteiger partial charge in [-0.1, -0.05) is 29.3 Å². The third-order valence-electron chi connectivity index (χ3n) is 2.36. The van der Waals surface area contributed by atoms with E-state index in [9.17, 15) is 9.59 Å². The van der Waals surface area contributed by atoms with Gasteiger partial charge in [0.2, 0.25) is 5.91 Å². The topological polar surface area (TPSA) is 75.6 Å². The quantitative estimate of drug-likeness (QED) is 0.639. The van der Waals surface area contributed by atoms with E-state index in [2.05, 4.69) is 10.1 Å². The van der Waals surface area contributed by atoms with E-state index in [0.717, 1.165) is 0 Å². The number of esters is 1. The number of aliphatic hydroxyl groups is 1. The van der Waals surface area contributed by atoms with Gasteiger partial charge in [-0.15, -0.1) is 0 Å². The molecule has 0 aliphatic heterocycles. The summed E-state index contributed by atoms with van der Waals surface area (Å²) in [6, 6.07) is 3.73. The summed E-state index contributed by atoms with van der Waals surface area (Å²) >= 11 is 11.7. The molecular weight excluding hydrogens is 305 g/mol. The molecule has 0 unspecified atom stereocenters. The predicted molar refractivity (Wildman–Crippen MR) is 76.5 cm³/mol. The summed E-state index contributed by atoms with van der Waals surface area (Å²) in [5.41, 5.74) is 0.602. The molecule has 0 aliphatic rings. The molecule has 1 rings (SSSR count). The van der Waals surface area contributed by atoms with Crippen LogP contribution in [0.4, 0.5) is 0 Å². The average Bonchev–Trinajstić information content (AvgIpc) is 2.43. The van der Waals surface area contributed by atoms with Crippen molar-refractivity contribution in [3.05, 3.63) is 39.9 Å². The van der Waals surface area contributed by atoms with Gasteiger partial charge in [0.25, 0.3) is 0 Å². The van der Waals surface area contributed by atoms with Gasteiger partial charge in [0.05, 0.1) is 13.7 Å². The molecule has 1 aromatic carbocycles. The molecule has 0 saturated carbocycles. The fraction of sp³-hybridized carbons (Fsp3) is 0.231. The van der Waals surface area contributed by atoms with Crippen molar-refractivity contribution in [3.8, 4) is 0 Å². The zero-order chi connectivity index (χ0) is 15.1. The van der Waals surface area contributed by atoms with Crippen LogP contribution in [-0.2, 0) is 14.3 Å². The zero-order valence-electron chi connectivity index (χ0n) is 10.6. The number of methoxy groups -OCH3 is 1. The first kappa shape index (κ1) is 16.5. The lowest BCUT2D eigenvalue weighted by Gasteiger charge is -2.12. The fourth-order valence-corrected chi connectivity index (χ4v) is 1.81. The number of hydrogen-bond acceptors (Lipinski definition) is 4. The lowest BCUT2D eigenvalue weighted by Crippen LogP contribution is -2.43. The van der Waals surface area contributed by atoms with Crippen LogP contribution in [0.25, 0.3) is 6.08 Å². The Morgan fingerprint density at radius 2 is 2.15 bits per heavy atom. The number of hydrogen-bond donors (Lipinski definition) is 2. The van der Waals surface area contributed by atoms with Crippen molar-refractivity contribution >= 4 is 41.2 Å². The van der Waals surface area contributed by atoms with Gasteiger partial charge in [-0.05, 0) is 23.8 Å². The standard InChI is InChI=1S/C13H13Cl2NO4/c1-20-13(19)11(7-17)16-12(18)5-3-8-2-4-9(14)6-10(8)15/h2-6,11,17H,7H2,1H3,(H,16,18)/b5-3+/t11-/m0/s1. The second kappa shape index (κ2) is 7.89. The van der Waals surface area contributed by atoms with Crippen molar-refractivity contribution in [1.29, 1.82) is 0 Å². The summed E-state index contributed by atoms with van der Waals surface area (Å²) in [7, 11) is 1.17. The highest BCUT2D eigenvalue weighted by Crippen LogP contribution is 2.21. The number of aliphatic hydroxyl groups excluding tert-OH is 1. The zero-order valence-corrected chi connectivity index (χ0v) is 12.1. The maximum atomic E-state index is 11.6. The third kappa shape index (κ3) is 4.85. The highest BCUT2D eigenvalue weighted by molar-refractivity contribution is 6.35. The van der Waals surface area contributed by atoms with E-state index in [1.165, 1.54) is 19.3 Å². The molecule has 1 atom stereocenters. The van der Waals surface area contributed by atoms with Crippen LogP contribution in [0.1, 0.15) is 5.56 Å². The van der Waals surface area contributed by atoms with Gasteiger partial charge in [-0.25, -0.2) is 4.79 Å². The molecule has 108 valence electrons. The maximum absolute atomic E-state index is 11.6. The number of rotatable bonds is 5. The molecule has 0 heterocycles. The molecule has 1 aromatic rings. The first-order valence-electron chi connectivity index (χ1n) is 5.60. The van der Waals surface area contributed by atoms with Crippen molar-refractivity contribution in [2.24, 2.45) is 0 Å².